The van der Waals surface area contributed by atoms with Crippen LogP contribution in [0.3, 0.4) is 0 Å². The number of aryl methyl sites for hydroxylation is 1. The summed E-state index contributed by atoms with van der Waals surface area (Å²) in [4.78, 5) is 4.70. The van der Waals surface area contributed by atoms with E-state index >= 15 is 0 Å². The molecule has 0 amide bonds. The van der Waals surface area contributed by atoms with Crippen molar-refractivity contribution in [3.05, 3.63) is 46.4 Å². The molecule has 0 fully saturated rings. The van der Waals surface area contributed by atoms with Crippen LogP contribution in [0.2, 0.25) is 0 Å². The zero-order valence-corrected chi connectivity index (χ0v) is 13.1. The van der Waals surface area contributed by atoms with Crippen molar-refractivity contribution in [1.29, 1.82) is 0 Å². The Balaban J connectivity index is 2.11. The highest BCUT2D eigenvalue weighted by Gasteiger charge is 2.08. The Labute approximate surface area is 124 Å². The lowest BCUT2D eigenvalue weighted by Gasteiger charge is -2.05. The highest BCUT2D eigenvalue weighted by atomic mass is 79.9. The minimum atomic E-state index is 1.05. The number of nitrogens with one attached hydrogen (secondary N) is 1. The molecule has 0 aliphatic carbocycles. The Kier molecular flexibility index (Phi) is 3.29. The van der Waals surface area contributed by atoms with Crippen LogP contribution >= 0.6 is 27.3 Å². The summed E-state index contributed by atoms with van der Waals surface area (Å²) in [5.41, 5.74) is 4.63. The first-order valence-electron chi connectivity index (χ1n) is 6.02. The van der Waals surface area contributed by atoms with Gasteiger partial charge in [-0.3, -0.25) is 0 Å². The Hall–Kier alpha value is -1.39. The minimum Gasteiger partial charge on any atom is -0.388 e. The number of aromatic nitrogens is 1. The first-order chi connectivity index (χ1) is 9.17. The molecule has 1 heterocycles. The van der Waals surface area contributed by atoms with E-state index in [4.69, 9.17) is 4.98 Å². The fourth-order valence-electron chi connectivity index (χ4n) is 2.10. The Morgan fingerprint density at radius 1 is 1.16 bits per heavy atom. The monoisotopic (exact) mass is 332 g/mol. The largest absolute Gasteiger partial charge is 0.388 e. The van der Waals surface area contributed by atoms with Gasteiger partial charge in [-0.2, -0.15) is 0 Å². The van der Waals surface area contributed by atoms with E-state index in [1.165, 1.54) is 15.8 Å². The van der Waals surface area contributed by atoms with Crippen molar-refractivity contribution in [2.45, 2.75) is 6.92 Å². The van der Waals surface area contributed by atoms with Crippen LogP contribution in [0.4, 0.5) is 5.69 Å². The van der Waals surface area contributed by atoms with E-state index in [-0.39, 0.29) is 0 Å². The van der Waals surface area contributed by atoms with Gasteiger partial charge in [0.15, 0.2) is 0 Å². The molecule has 1 aromatic heterocycles. The second-order valence-corrected chi connectivity index (χ2v) is 6.36. The van der Waals surface area contributed by atoms with Crippen molar-refractivity contribution in [1.82, 2.24) is 4.98 Å². The molecule has 0 atom stereocenters. The third-order valence-corrected chi connectivity index (χ3v) is 4.65. The maximum absolute atomic E-state index is 4.70. The predicted octanol–water partition coefficient (Wildman–Crippen LogP) is 5.08. The van der Waals surface area contributed by atoms with Gasteiger partial charge in [0, 0.05) is 22.8 Å². The van der Waals surface area contributed by atoms with Crippen LogP contribution in [0, 0.1) is 6.92 Å². The molecule has 2 aromatic carbocycles. The molecule has 0 saturated heterocycles. The molecule has 0 saturated carbocycles. The summed E-state index contributed by atoms with van der Waals surface area (Å²) in [5.74, 6) is 0. The summed E-state index contributed by atoms with van der Waals surface area (Å²) in [6, 6.07) is 12.6. The smallest absolute Gasteiger partial charge is 0.124 e. The first kappa shape index (κ1) is 12.6. The first-order valence-corrected chi connectivity index (χ1v) is 7.63. The quantitative estimate of drug-likeness (QED) is 0.708. The second-order valence-electron chi connectivity index (χ2n) is 4.41. The summed E-state index contributed by atoms with van der Waals surface area (Å²) < 4.78 is 2.30. The predicted molar refractivity (Wildman–Crippen MR) is 87.0 cm³/mol. The molecule has 2 nitrogen and oxygen atoms in total. The molecule has 0 aliphatic rings. The Bertz CT molecular complexity index is 749. The minimum absolute atomic E-state index is 1.05. The van der Waals surface area contributed by atoms with Gasteiger partial charge in [-0.25, -0.2) is 4.98 Å². The lowest BCUT2D eigenvalue weighted by atomic mass is 10.1. The number of anilines is 1. The normalized spacial score (nSPS) is 10.9. The van der Waals surface area contributed by atoms with E-state index < -0.39 is 0 Å². The van der Waals surface area contributed by atoms with Crippen molar-refractivity contribution in [2.75, 3.05) is 12.4 Å². The van der Waals surface area contributed by atoms with Crippen LogP contribution in [-0.2, 0) is 0 Å². The highest BCUT2D eigenvalue weighted by Crippen LogP contribution is 2.33. The van der Waals surface area contributed by atoms with Gasteiger partial charge < -0.3 is 5.32 Å². The molecule has 0 spiro atoms. The van der Waals surface area contributed by atoms with Gasteiger partial charge in [-0.15, -0.1) is 11.3 Å². The number of nitrogens with zero attached hydrogens (tertiary/aromatic N) is 1. The van der Waals surface area contributed by atoms with Crippen LogP contribution in [-0.4, -0.2) is 12.0 Å². The number of thiazole rings is 1. The van der Waals surface area contributed by atoms with Crippen LogP contribution in [0.25, 0.3) is 20.8 Å². The maximum Gasteiger partial charge on any atom is 0.124 e. The highest BCUT2D eigenvalue weighted by molar-refractivity contribution is 9.10. The van der Waals surface area contributed by atoms with Gasteiger partial charge in [0.1, 0.15) is 5.01 Å². The summed E-state index contributed by atoms with van der Waals surface area (Å²) in [6.07, 6.45) is 0. The van der Waals surface area contributed by atoms with E-state index in [0.717, 1.165) is 20.7 Å². The fraction of sp³-hybridized carbons (Fsp3) is 0.133. The number of halogens is 1. The standard InChI is InChI=1S/C15H13BrN2S/c1-9-7-10(3-5-12(9)17-2)15-18-13-6-4-11(16)8-14(13)19-15/h3-8,17H,1-2H3. The average Bonchev–Trinajstić information content (AvgIpc) is 2.81. The summed E-state index contributed by atoms with van der Waals surface area (Å²) in [6.45, 7) is 2.11. The van der Waals surface area contributed by atoms with Gasteiger partial charge in [0.2, 0.25) is 0 Å². The van der Waals surface area contributed by atoms with Crippen LogP contribution < -0.4 is 5.32 Å². The fourth-order valence-corrected chi connectivity index (χ4v) is 3.61. The van der Waals surface area contributed by atoms with E-state index in [1.807, 2.05) is 19.2 Å². The maximum atomic E-state index is 4.70. The van der Waals surface area contributed by atoms with Crippen LogP contribution in [0.5, 0.6) is 0 Å². The lowest BCUT2D eigenvalue weighted by Crippen LogP contribution is -1.91. The molecule has 19 heavy (non-hydrogen) atoms. The van der Waals surface area contributed by atoms with E-state index in [1.54, 1.807) is 11.3 Å². The van der Waals surface area contributed by atoms with Crippen LogP contribution in [0.1, 0.15) is 5.56 Å². The SMILES string of the molecule is CNc1ccc(-c2nc3ccc(Br)cc3s2)cc1C. The molecule has 3 rings (SSSR count). The lowest BCUT2D eigenvalue weighted by molar-refractivity contribution is 1.39. The van der Waals surface area contributed by atoms with Gasteiger partial charge >= 0.3 is 0 Å². The molecule has 0 aliphatic heterocycles. The zero-order chi connectivity index (χ0) is 13.4. The second kappa shape index (κ2) is 4.94. The van der Waals surface area contributed by atoms with Crippen molar-refractivity contribution < 1.29 is 0 Å². The topological polar surface area (TPSA) is 24.9 Å². The molecule has 0 radical (unpaired) electrons. The zero-order valence-electron chi connectivity index (χ0n) is 10.7. The molecular weight excluding hydrogens is 320 g/mol. The van der Waals surface area contributed by atoms with Crippen molar-refractivity contribution >= 4 is 43.2 Å². The Morgan fingerprint density at radius 2 is 2.00 bits per heavy atom. The van der Waals surface area contributed by atoms with Gasteiger partial charge in [-0.05, 0) is 48.9 Å². The van der Waals surface area contributed by atoms with Gasteiger partial charge in [0.25, 0.3) is 0 Å². The van der Waals surface area contributed by atoms with Crippen molar-refractivity contribution in [3.8, 4) is 10.6 Å². The third kappa shape index (κ3) is 2.38. The summed E-state index contributed by atoms with van der Waals surface area (Å²) in [7, 11) is 1.94. The molecule has 3 aromatic rings. The van der Waals surface area contributed by atoms with Crippen molar-refractivity contribution in [3.63, 3.8) is 0 Å². The number of rotatable bonds is 2. The number of benzene rings is 2. The molecule has 0 unspecified atom stereocenters. The molecule has 1 N–H and O–H groups in total. The number of hydrogen-bond acceptors (Lipinski definition) is 3. The summed E-state index contributed by atoms with van der Waals surface area (Å²) in [5, 5.41) is 4.25. The molecular formula is C15H13BrN2S. The van der Waals surface area contributed by atoms with E-state index in [0.29, 0.717) is 0 Å². The molecule has 4 heteroatoms. The van der Waals surface area contributed by atoms with Crippen molar-refractivity contribution in [2.24, 2.45) is 0 Å². The summed E-state index contributed by atoms with van der Waals surface area (Å²) >= 11 is 5.22. The van der Waals surface area contributed by atoms with Gasteiger partial charge in [-0.1, -0.05) is 15.9 Å². The van der Waals surface area contributed by atoms with E-state index in [9.17, 15) is 0 Å². The molecule has 96 valence electrons. The third-order valence-electron chi connectivity index (χ3n) is 3.09. The number of hydrogen-bond donors (Lipinski definition) is 1. The number of fused-ring (bicyclic) bond motifs is 1. The average molecular weight is 333 g/mol. The molecule has 0 bridgehead atoms. The van der Waals surface area contributed by atoms with E-state index in [2.05, 4.69) is 52.4 Å². The van der Waals surface area contributed by atoms with Crippen LogP contribution in [0.15, 0.2) is 40.9 Å². The van der Waals surface area contributed by atoms with Gasteiger partial charge in [0.05, 0.1) is 10.2 Å². The Morgan fingerprint density at radius 3 is 2.74 bits per heavy atom.